The van der Waals surface area contributed by atoms with Crippen molar-refractivity contribution in [2.24, 2.45) is 0 Å². The molecule has 2 fully saturated rings. The van der Waals surface area contributed by atoms with Gasteiger partial charge in [-0.1, -0.05) is 40.5 Å². The smallest absolute Gasteiger partial charge is 0.411 e. The molecule has 1 saturated carbocycles. The number of nitrogens with zero attached hydrogens (tertiary/aromatic N) is 4. The Kier molecular flexibility index (Phi) is 11.7. The molecule has 3 aliphatic rings. The summed E-state index contributed by atoms with van der Waals surface area (Å²) in [6.07, 6.45) is 6.49. The molecule has 2 amide bonds. The maximum absolute atomic E-state index is 15.0. The lowest BCUT2D eigenvalue weighted by Crippen LogP contribution is -2.50. The van der Waals surface area contributed by atoms with Gasteiger partial charge in [0.25, 0.3) is 5.91 Å². The molecule has 4 aromatic rings. The molecule has 2 aromatic heterocycles. The molecule has 0 spiro atoms. The van der Waals surface area contributed by atoms with Gasteiger partial charge in [0.1, 0.15) is 22.9 Å². The predicted molar refractivity (Wildman–Crippen MR) is 207 cm³/mol. The molecule has 296 valence electrons. The Hall–Kier alpha value is -4.52. The highest BCUT2D eigenvalue weighted by atomic mass is 35.5. The Morgan fingerprint density at radius 3 is 2.52 bits per heavy atom. The molecule has 14 heteroatoms. The van der Waals surface area contributed by atoms with Gasteiger partial charge < -0.3 is 23.6 Å². The number of ether oxygens (including phenoxy) is 3. The van der Waals surface area contributed by atoms with Crippen LogP contribution in [0.3, 0.4) is 0 Å². The van der Waals surface area contributed by atoms with E-state index in [0.717, 1.165) is 66.5 Å². The van der Waals surface area contributed by atoms with Gasteiger partial charge in [-0.3, -0.25) is 9.69 Å². The average Bonchev–Trinajstić information content (AvgIpc) is 3.81. The van der Waals surface area contributed by atoms with Crippen LogP contribution in [0.4, 0.5) is 13.6 Å². The third-order valence-corrected chi connectivity index (χ3v) is 11.0. The van der Waals surface area contributed by atoms with Crippen LogP contribution >= 0.6 is 23.2 Å². The number of aryl methyl sites for hydroxylation is 1. The zero-order valence-electron chi connectivity index (χ0n) is 31.7. The molecule has 0 N–H and O–H groups in total. The number of hydrogen-bond donors (Lipinski definition) is 0. The number of carbonyl (C=O) groups is 2. The Morgan fingerprint density at radius 1 is 1.02 bits per heavy atom. The molecule has 2 aliphatic heterocycles. The van der Waals surface area contributed by atoms with Crippen molar-refractivity contribution in [1.82, 2.24) is 19.9 Å². The van der Waals surface area contributed by atoms with E-state index >= 15 is 4.79 Å². The Balaban J connectivity index is 1.16. The van der Waals surface area contributed by atoms with E-state index in [4.69, 9.17) is 41.9 Å². The number of pyridine rings is 1. The van der Waals surface area contributed by atoms with E-state index in [1.807, 2.05) is 43.9 Å². The van der Waals surface area contributed by atoms with E-state index in [-0.39, 0.29) is 47.5 Å². The first-order valence-electron chi connectivity index (χ1n) is 18.8. The fourth-order valence-corrected chi connectivity index (χ4v) is 7.94. The lowest BCUT2D eigenvalue weighted by atomic mass is 9.88. The molecular weight excluding hydrogens is 765 g/mol. The van der Waals surface area contributed by atoms with Gasteiger partial charge in [0.05, 0.1) is 16.6 Å². The molecule has 2 aromatic carbocycles. The molecular formula is C42H44Cl2F2N4O6. The van der Waals surface area contributed by atoms with Gasteiger partial charge in [-0.15, -0.1) is 0 Å². The lowest BCUT2D eigenvalue weighted by Gasteiger charge is -2.39. The predicted octanol–water partition coefficient (Wildman–Crippen LogP) is 9.60. The monoisotopic (exact) mass is 808 g/mol. The van der Waals surface area contributed by atoms with Crippen LogP contribution in [-0.4, -0.2) is 69.4 Å². The number of methoxy groups -OCH3 is 1. The number of fused-ring (bicyclic) bond motifs is 2. The van der Waals surface area contributed by atoms with Gasteiger partial charge in [-0.05, 0) is 112 Å². The topological polar surface area (TPSA) is 107 Å². The van der Waals surface area contributed by atoms with Crippen LogP contribution in [0.1, 0.15) is 81.7 Å². The highest BCUT2D eigenvalue weighted by molar-refractivity contribution is 6.33. The van der Waals surface area contributed by atoms with Crippen molar-refractivity contribution in [2.45, 2.75) is 103 Å². The summed E-state index contributed by atoms with van der Waals surface area (Å²) in [4.78, 5) is 36.9. The lowest BCUT2D eigenvalue weighted by molar-refractivity contribution is -0.129. The van der Waals surface area contributed by atoms with Gasteiger partial charge in [0.2, 0.25) is 5.88 Å². The summed E-state index contributed by atoms with van der Waals surface area (Å²) in [5.74, 6) is -1.13. The molecule has 7 rings (SSSR count). The van der Waals surface area contributed by atoms with Crippen molar-refractivity contribution in [1.29, 1.82) is 0 Å². The van der Waals surface area contributed by atoms with Gasteiger partial charge in [0.15, 0.2) is 12.4 Å². The minimum absolute atomic E-state index is 0.0303. The minimum atomic E-state index is -0.777. The van der Waals surface area contributed by atoms with Gasteiger partial charge >= 0.3 is 6.09 Å². The second-order valence-corrected chi connectivity index (χ2v) is 16.3. The minimum Gasteiger partial charge on any atom is -0.469 e. The maximum atomic E-state index is 15.0. The second kappa shape index (κ2) is 16.5. The number of rotatable bonds is 13. The number of amides is 2. The second-order valence-electron chi connectivity index (χ2n) is 15.5. The highest BCUT2D eigenvalue weighted by Gasteiger charge is 2.49. The summed E-state index contributed by atoms with van der Waals surface area (Å²) in [5.41, 5.74) is 3.27. The molecule has 0 radical (unpaired) electrons. The summed E-state index contributed by atoms with van der Waals surface area (Å²) in [7, 11) is 1.69. The van der Waals surface area contributed by atoms with Crippen LogP contribution in [0.2, 0.25) is 10.0 Å². The third-order valence-electron chi connectivity index (χ3n) is 10.3. The quantitative estimate of drug-likeness (QED) is 0.0972. The number of hydrogen-bond acceptors (Lipinski definition) is 8. The number of benzene rings is 2. The molecule has 4 heterocycles. The Bertz CT molecular complexity index is 2130. The summed E-state index contributed by atoms with van der Waals surface area (Å²) in [5, 5.41) is 4.04. The van der Waals surface area contributed by atoms with E-state index in [1.165, 1.54) is 6.07 Å². The van der Waals surface area contributed by atoms with E-state index in [1.54, 1.807) is 24.3 Å². The zero-order valence-corrected chi connectivity index (χ0v) is 33.3. The van der Waals surface area contributed by atoms with Gasteiger partial charge in [0, 0.05) is 61.3 Å². The summed E-state index contributed by atoms with van der Waals surface area (Å²) in [6.45, 7) is 6.40. The summed E-state index contributed by atoms with van der Waals surface area (Å²) in [6, 6.07) is 12.3. The standard InChI is InChI=1S/C42H44Cl2F2N4O6/c1-42(2,3)55-41(52)50-28-11-15-35(50)37(40(51)49(27-9-10-27)22-26-18-24(6-5-17-53-4)7-12-31(26)43)30(19-28)25-8-16-36(47-21-25)54-23-29-20-34(48-56-29)38-32(45)13-14-33(46)39(38)44/h7-8,12-14,16,18,20-21,27-28,35H,5-6,9-11,15,17,19,22-23H2,1-4H3. The highest BCUT2D eigenvalue weighted by Crippen LogP contribution is 2.46. The van der Waals surface area contributed by atoms with Crippen LogP contribution in [-0.2, 0) is 33.8 Å². The molecule has 56 heavy (non-hydrogen) atoms. The fraction of sp³-hybridized carbons (Fsp3) is 0.429. The van der Waals surface area contributed by atoms with E-state index in [0.29, 0.717) is 36.6 Å². The van der Waals surface area contributed by atoms with Crippen molar-refractivity contribution in [2.75, 3.05) is 13.7 Å². The van der Waals surface area contributed by atoms with E-state index in [2.05, 4.69) is 16.2 Å². The van der Waals surface area contributed by atoms with E-state index in [9.17, 15) is 13.6 Å². The first kappa shape index (κ1) is 39.7. The number of carbonyl (C=O) groups excluding carboxylic acids is 2. The van der Waals surface area contributed by atoms with Crippen LogP contribution in [0.15, 0.2) is 64.8 Å². The first-order chi connectivity index (χ1) is 26.8. The Labute approximate surface area is 334 Å². The number of aromatic nitrogens is 2. The molecule has 1 saturated heterocycles. The molecule has 1 aliphatic carbocycles. The molecule has 2 atom stereocenters. The van der Waals surface area contributed by atoms with Crippen molar-refractivity contribution < 1.29 is 37.1 Å². The average molecular weight is 810 g/mol. The van der Waals surface area contributed by atoms with Crippen molar-refractivity contribution in [3.63, 3.8) is 0 Å². The van der Waals surface area contributed by atoms with Crippen LogP contribution in [0.25, 0.3) is 16.8 Å². The molecule has 10 nitrogen and oxygen atoms in total. The van der Waals surface area contributed by atoms with Gasteiger partial charge in [-0.2, -0.15) is 0 Å². The van der Waals surface area contributed by atoms with Gasteiger partial charge in [-0.25, -0.2) is 18.6 Å². The first-order valence-corrected chi connectivity index (χ1v) is 19.6. The Morgan fingerprint density at radius 2 is 1.80 bits per heavy atom. The zero-order chi connectivity index (χ0) is 39.7. The van der Waals surface area contributed by atoms with Crippen molar-refractivity contribution >= 4 is 40.8 Å². The largest absolute Gasteiger partial charge is 0.469 e. The molecule has 2 bridgehead atoms. The maximum Gasteiger partial charge on any atom is 0.411 e. The molecule has 2 unspecified atom stereocenters. The third kappa shape index (κ3) is 8.72. The van der Waals surface area contributed by atoms with Crippen molar-refractivity contribution in [3.8, 4) is 17.1 Å². The SMILES string of the molecule is COCCCc1ccc(Cl)c(CN(C(=O)C2=C(c3ccc(OCc4cc(-c5c(F)ccc(F)c5Cl)no4)nc3)CC3CCC2N3C(=O)OC(C)(C)C)C2CC2)c1. The fourth-order valence-electron chi connectivity index (χ4n) is 7.52. The summed E-state index contributed by atoms with van der Waals surface area (Å²) >= 11 is 12.7. The van der Waals surface area contributed by atoms with Crippen molar-refractivity contribution in [3.05, 3.63) is 104 Å². The van der Waals surface area contributed by atoms with E-state index < -0.39 is 34.4 Å². The normalized spacial score (nSPS) is 18.0. The van der Waals surface area contributed by atoms with Crippen LogP contribution in [0, 0.1) is 11.6 Å². The van der Waals surface area contributed by atoms with Crippen LogP contribution < -0.4 is 4.74 Å². The van der Waals surface area contributed by atoms with Crippen LogP contribution in [0.5, 0.6) is 5.88 Å². The number of halogens is 4. The summed E-state index contributed by atoms with van der Waals surface area (Å²) < 4.78 is 50.7.